The molecule has 0 radical (unpaired) electrons. The fourth-order valence-electron chi connectivity index (χ4n) is 3.91. The number of hydrogen-bond acceptors (Lipinski definition) is 5. The first kappa shape index (κ1) is 21.9. The van der Waals surface area contributed by atoms with Crippen molar-refractivity contribution in [2.24, 2.45) is 5.92 Å². The Morgan fingerprint density at radius 3 is 2.48 bits per heavy atom. The zero-order valence-electron chi connectivity index (χ0n) is 17.4. The average Bonchev–Trinajstić information content (AvgIpc) is 2.75. The summed E-state index contributed by atoms with van der Waals surface area (Å²) < 4.78 is 10.7. The van der Waals surface area contributed by atoms with E-state index in [2.05, 4.69) is 10.2 Å². The highest BCUT2D eigenvalue weighted by molar-refractivity contribution is 6.31. The largest absolute Gasteiger partial charge is 0.495 e. The molecule has 29 heavy (non-hydrogen) atoms. The molecule has 2 saturated heterocycles. The molecule has 0 spiro atoms. The lowest BCUT2D eigenvalue weighted by molar-refractivity contribution is -0.141. The number of rotatable bonds is 5. The molecule has 1 unspecified atom stereocenters. The van der Waals surface area contributed by atoms with Crippen LogP contribution in [-0.2, 0) is 14.3 Å². The van der Waals surface area contributed by atoms with E-state index in [1.54, 1.807) is 13.2 Å². The van der Waals surface area contributed by atoms with Crippen molar-refractivity contribution in [3.8, 4) is 5.75 Å². The van der Waals surface area contributed by atoms with E-state index in [1.165, 1.54) is 0 Å². The third-order valence-electron chi connectivity index (χ3n) is 5.87. The van der Waals surface area contributed by atoms with Gasteiger partial charge in [0.1, 0.15) is 5.75 Å². The zero-order chi connectivity index (χ0) is 21.0. The van der Waals surface area contributed by atoms with E-state index >= 15 is 0 Å². The topological polar surface area (TPSA) is 71.1 Å². The molecule has 0 aromatic heterocycles. The number of piperidine rings is 1. The number of benzene rings is 1. The molecule has 1 N–H and O–H groups in total. The minimum Gasteiger partial charge on any atom is -0.495 e. The van der Waals surface area contributed by atoms with Gasteiger partial charge < -0.3 is 19.7 Å². The second kappa shape index (κ2) is 9.78. The summed E-state index contributed by atoms with van der Waals surface area (Å²) in [6.07, 6.45) is 1.55. The SMILES string of the molecule is COc1cc(Cl)c(C)cc1NC(=O)C(C)N1CCC(C(=O)N2CCOCC2)CC1. The third-order valence-corrected chi connectivity index (χ3v) is 6.27. The maximum absolute atomic E-state index is 12.8. The Kier molecular flexibility index (Phi) is 7.38. The summed E-state index contributed by atoms with van der Waals surface area (Å²) in [5.41, 5.74) is 1.49. The maximum Gasteiger partial charge on any atom is 0.241 e. The van der Waals surface area contributed by atoms with Crippen molar-refractivity contribution in [2.45, 2.75) is 32.7 Å². The van der Waals surface area contributed by atoms with Crippen LogP contribution in [0, 0.1) is 12.8 Å². The quantitative estimate of drug-likeness (QED) is 0.788. The lowest BCUT2D eigenvalue weighted by Crippen LogP contribution is -2.50. The number of hydrogen-bond donors (Lipinski definition) is 1. The molecular formula is C21H30ClN3O4. The Labute approximate surface area is 177 Å². The molecule has 160 valence electrons. The van der Waals surface area contributed by atoms with Gasteiger partial charge in [-0.05, 0) is 51.4 Å². The first-order valence-corrected chi connectivity index (χ1v) is 10.5. The molecule has 1 aromatic carbocycles. The van der Waals surface area contributed by atoms with Gasteiger partial charge in [-0.2, -0.15) is 0 Å². The molecule has 2 heterocycles. The van der Waals surface area contributed by atoms with Crippen LogP contribution in [0.1, 0.15) is 25.3 Å². The van der Waals surface area contributed by atoms with E-state index in [0.717, 1.165) is 31.5 Å². The molecule has 2 amide bonds. The fraction of sp³-hybridized carbons (Fsp3) is 0.619. The number of halogens is 1. The minimum atomic E-state index is -0.296. The fourth-order valence-corrected chi connectivity index (χ4v) is 4.06. The lowest BCUT2D eigenvalue weighted by Gasteiger charge is -2.37. The van der Waals surface area contributed by atoms with Crippen molar-refractivity contribution in [3.63, 3.8) is 0 Å². The molecule has 2 fully saturated rings. The van der Waals surface area contributed by atoms with E-state index < -0.39 is 0 Å². The second-order valence-electron chi connectivity index (χ2n) is 7.71. The van der Waals surface area contributed by atoms with Crippen LogP contribution in [-0.4, -0.2) is 74.2 Å². The highest BCUT2D eigenvalue weighted by Crippen LogP contribution is 2.31. The van der Waals surface area contributed by atoms with Crippen LogP contribution < -0.4 is 10.1 Å². The molecule has 8 heteroatoms. The number of ether oxygens (including phenoxy) is 2. The number of nitrogens with zero attached hydrogens (tertiary/aromatic N) is 2. The van der Waals surface area contributed by atoms with Gasteiger partial charge in [0, 0.05) is 30.1 Å². The second-order valence-corrected chi connectivity index (χ2v) is 8.12. The van der Waals surface area contributed by atoms with Crippen molar-refractivity contribution in [1.82, 2.24) is 9.80 Å². The summed E-state index contributed by atoms with van der Waals surface area (Å²) in [6, 6.07) is 3.23. The number of carbonyl (C=O) groups is 2. The van der Waals surface area contributed by atoms with E-state index in [1.807, 2.05) is 24.8 Å². The Balaban J connectivity index is 1.55. The first-order chi connectivity index (χ1) is 13.9. The van der Waals surface area contributed by atoms with Crippen LogP contribution in [0.3, 0.4) is 0 Å². The van der Waals surface area contributed by atoms with Crippen molar-refractivity contribution < 1.29 is 19.1 Å². The van der Waals surface area contributed by atoms with Crippen LogP contribution in [0.5, 0.6) is 5.75 Å². The molecule has 0 bridgehead atoms. The number of morpholine rings is 1. The van der Waals surface area contributed by atoms with Crippen LogP contribution in [0.2, 0.25) is 5.02 Å². The Hall–Kier alpha value is -1.83. The van der Waals surface area contributed by atoms with Crippen molar-refractivity contribution in [2.75, 3.05) is 51.8 Å². The van der Waals surface area contributed by atoms with Gasteiger partial charge in [-0.15, -0.1) is 0 Å². The Bertz CT molecular complexity index is 744. The van der Waals surface area contributed by atoms with E-state index in [4.69, 9.17) is 21.1 Å². The summed E-state index contributed by atoms with van der Waals surface area (Å²) in [5, 5.41) is 3.56. The van der Waals surface area contributed by atoms with Gasteiger partial charge in [-0.3, -0.25) is 14.5 Å². The molecule has 2 aliphatic rings. The van der Waals surface area contributed by atoms with Crippen molar-refractivity contribution >= 4 is 29.1 Å². The highest BCUT2D eigenvalue weighted by atomic mass is 35.5. The Morgan fingerprint density at radius 1 is 1.21 bits per heavy atom. The molecule has 0 saturated carbocycles. The summed E-state index contributed by atoms with van der Waals surface area (Å²) in [7, 11) is 1.55. The molecule has 1 aromatic rings. The number of nitrogens with one attached hydrogen (secondary N) is 1. The summed E-state index contributed by atoms with van der Waals surface area (Å²) >= 11 is 6.14. The number of carbonyl (C=O) groups excluding carboxylic acids is 2. The van der Waals surface area contributed by atoms with Gasteiger partial charge in [-0.25, -0.2) is 0 Å². The summed E-state index contributed by atoms with van der Waals surface area (Å²) in [4.78, 5) is 29.5. The number of aryl methyl sites for hydroxylation is 1. The number of amides is 2. The van der Waals surface area contributed by atoms with Gasteiger partial charge >= 0.3 is 0 Å². The van der Waals surface area contributed by atoms with Crippen LogP contribution in [0.25, 0.3) is 0 Å². The molecule has 7 nitrogen and oxygen atoms in total. The minimum absolute atomic E-state index is 0.0404. The van der Waals surface area contributed by atoms with E-state index in [9.17, 15) is 9.59 Å². The van der Waals surface area contributed by atoms with E-state index in [0.29, 0.717) is 42.8 Å². The third kappa shape index (κ3) is 5.21. The van der Waals surface area contributed by atoms with Gasteiger partial charge in [-0.1, -0.05) is 11.6 Å². The van der Waals surface area contributed by atoms with Gasteiger partial charge in [0.2, 0.25) is 11.8 Å². The molecule has 2 aliphatic heterocycles. The maximum atomic E-state index is 12.8. The summed E-state index contributed by atoms with van der Waals surface area (Å²) in [6.45, 7) is 7.84. The van der Waals surface area contributed by atoms with Gasteiger partial charge in [0.25, 0.3) is 0 Å². The average molecular weight is 424 g/mol. The van der Waals surface area contributed by atoms with Gasteiger partial charge in [0.05, 0.1) is 32.1 Å². The monoisotopic (exact) mass is 423 g/mol. The zero-order valence-corrected chi connectivity index (χ0v) is 18.1. The van der Waals surface area contributed by atoms with Crippen LogP contribution in [0.15, 0.2) is 12.1 Å². The first-order valence-electron chi connectivity index (χ1n) is 10.2. The molecule has 1 atom stereocenters. The van der Waals surface area contributed by atoms with Crippen LogP contribution in [0.4, 0.5) is 5.69 Å². The normalized spacial score (nSPS) is 19.7. The molecule has 0 aliphatic carbocycles. The standard InChI is InChI=1S/C21H30ClN3O4/c1-14-12-18(19(28-3)13-17(14)22)23-20(26)15(2)24-6-4-16(5-7-24)21(27)25-8-10-29-11-9-25/h12-13,15-16H,4-11H2,1-3H3,(H,23,26). The number of anilines is 1. The number of methoxy groups -OCH3 is 1. The molecular weight excluding hydrogens is 394 g/mol. The predicted molar refractivity (Wildman–Crippen MR) is 113 cm³/mol. The smallest absolute Gasteiger partial charge is 0.241 e. The predicted octanol–water partition coefficient (Wildman–Crippen LogP) is 2.55. The van der Waals surface area contributed by atoms with Crippen molar-refractivity contribution in [1.29, 1.82) is 0 Å². The summed E-state index contributed by atoms with van der Waals surface area (Å²) in [5.74, 6) is 0.712. The Morgan fingerprint density at radius 2 is 1.86 bits per heavy atom. The van der Waals surface area contributed by atoms with Crippen molar-refractivity contribution in [3.05, 3.63) is 22.7 Å². The van der Waals surface area contributed by atoms with Gasteiger partial charge in [0.15, 0.2) is 0 Å². The van der Waals surface area contributed by atoms with Crippen LogP contribution >= 0.6 is 11.6 Å². The lowest BCUT2D eigenvalue weighted by atomic mass is 9.94. The number of likely N-dealkylation sites (tertiary alicyclic amines) is 1. The molecule has 3 rings (SSSR count). The van der Waals surface area contributed by atoms with E-state index in [-0.39, 0.29) is 23.8 Å². The highest BCUT2D eigenvalue weighted by Gasteiger charge is 2.32.